The highest BCUT2D eigenvalue weighted by Crippen LogP contribution is 2.27. The van der Waals surface area contributed by atoms with Crippen molar-refractivity contribution in [2.45, 2.75) is 40.2 Å². The summed E-state index contributed by atoms with van der Waals surface area (Å²) < 4.78 is 5.28. The maximum atomic E-state index is 12.6. The summed E-state index contributed by atoms with van der Waals surface area (Å²) in [6.45, 7) is 7.32. The fraction of sp³-hybridized carbons (Fsp3) is 0.333. The van der Waals surface area contributed by atoms with Crippen LogP contribution in [0, 0.1) is 6.92 Å². The molecule has 0 atom stereocenters. The van der Waals surface area contributed by atoms with Gasteiger partial charge in [-0.3, -0.25) is 9.69 Å². The molecule has 2 aromatic carbocycles. The molecule has 2 N–H and O–H groups in total. The predicted octanol–water partition coefficient (Wildman–Crippen LogP) is 4.22. The SMILES string of the molecule is CCCN(CC(=O)Nc1ccccc1C)Cc1cc(=O)oc2cc(O)c(CC)cc12. The molecule has 1 heterocycles. The molecule has 158 valence electrons. The molecule has 0 aliphatic rings. The molecule has 0 aliphatic heterocycles. The van der Waals surface area contributed by atoms with E-state index in [1.165, 1.54) is 12.1 Å². The molecule has 3 aromatic rings. The molecule has 30 heavy (non-hydrogen) atoms. The summed E-state index contributed by atoms with van der Waals surface area (Å²) in [7, 11) is 0. The number of rotatable bonds is 8. The third-order valence-corrected chi connectivity index (χ3v) is 5.13. The topological polar surface area (TPSA) is 82.8 Å². The monoisotopic (exact) mass is 408 g/mol. The predicted molar refractivity (Wildman–Crippen MR) is 119 cm³/mol. The summed E-state index contributed by atoms with van der Waals surface area (Å²) in [4.78, 5) is 26.7. The molecular weight excluding hydrogens is 380 g/mol. The van der Waals surface area contributed by atoms with Gasteiger partial charge >= 0.3 is 5.63 Å². The number of aryl methyl sites for hydroxylation is 2. The van der Waals surface area contributed by atoms with Gasteiger partial charge in [0.1, 0.15) is 11.3 Å². The third-order valence-electron chi connectivity index (χ3n) is 5.13. The number of benzene rings is 2. The Morgan fingerprint density at radius 1 is 1.13 bits per heavy atom. The molecule has 0 unspecified atom stereocenters. The van der Waals surface area contributed by atoms with E-state index in [2.05, 4.69) is 12.2 Å². The Balaban J connectivity index is 1.85. The molecule has 1 amide bonds. The number of para-hydroxylation sites is 1. The molecule has 1 aromatic heterocycles. The van der Waals surface area contributed by atoms with Gasteiger partial charge in [-0.2, -0.15) is 0 Å². The lowest BCUT2D eigenvalue weighted by Crippen LogP contribution is -2.33. The van der Waals surface area contributed by atoms with E-state index in [1.807, 2.05) is 49.1 Å². The molecule has 0 radical (unpaired) electrons. The molecule has 0 fully saturated rings. The van der Waals surface area contributed by atoms with Gasteiger partial charge in [-0.05, 0) is 55.1 Å². The molecule has 3 rings (SSSR count). The zero-order chi connectivity index (χ0) is 21.7. The van der Waals surface area contributed by atoms with Crippen LogP contribution in [0.2, 0.25) is 0 Å². The first-order chi connectivity index (χ1) is 14.4. The number of nitrogens with zero attached hydrogens (tertiary/aromatic N) is 1. The van der Waals surface area contributed by atoms with Gasteiger partial charge in [-0.1, -0.05) is 32.0 Å². The van der Waals surface area contributed by atoms with Crippen LogP contribution in [-0.2, 0) is 17.8 Å². The number of hydrogen-bond acceptors (Lipinski definition) is 5. The van der Waals surface area contributed by atoms with Gasteiger partial charge in [0.05, 0.1) is 6.54 Å². The van der Waals surface area contributed by atoms with Crippen molar-refractivity contribution in [3.8, 4) is 5.75 Å². The number of nitrogens with one attached hydrogen (secondary N) is 1. The van der Waals surface area contributed by atoms with Gasteiger partial charge in [0.15, 0.2) is 0 Å². The fourth-order valence-electron chi connectivity index (χ4n) is 3.60. The fourth-order valence-corrected chi connectivity index (χ4v) is 3.60. The van der Waals surface area contributed by atoms with Crippen molar-refractivity contribution in [1.82, 2.24) is 4.90 Å². The molecule has 6 nitrogen and oxygen atoms in total. The highest BCUT2D eigenvalue weighted by Gasteiger charge is 2.16. The third kappa shape index (κ3) is 5.07. The summed E-state index contributed by atoms with van der Waals surface area (Å²) in [6.07, 6.45) is 1.54. The number of anilines is 1. The standard InChI is InChI=1S/C24H28N2O4/c1-4-10-26(15-23(28)25-20-9-7-6-8-16(20)3)14-18-12-24(29)30-22-13-21(27)17(5-2)11-19(18)22/h6-9,11-13,27H,4-5,10,14-15H2,1-3H3,(H,25,28). The average Bonchev–Trinajstić information content (AvgIpc) is 2.69. The highest BCUT2D eigenvalue weighted by atomic mass is 16.4. The zero-order valence-electron chi connectivity index (χ0n) is 17.7. The van der Waals surface area contributed by atoms with Gasteiger partial charge < -0.3 is 14.8 Å². The lowest BCUT2D eigenvalue weighted by Gasteiger charge is -2.22. The Morgan fingerprint density at radius 2 is 1.90 bits per heavy atom. The maximum Gasteiger partial charge on any atom is 0.336 e. The van der Waals surface area contributed by atoms with Crippen LogP contribution in [0.1, 0.15) is 37.0 Å². The Labute approximate surface area is 176 Å². The molecule has 0 saturated carbocycles. The summed E-state index contributed by atoms with van der Waals surface area (Å²) in [5.74, 6) is 0.0187. The number of phenolic OH excluding ortho intramolecular Hbond substituents is 1. The smallest absolute Gasteiger partial charge is 0.336 e. The first-order valence-corrected chi connectivity index (χ1v) is 10.3. The van der Waals surface area contributed by atoms with Gasteiger partial charge in [0, 0.05) is 29.8 Å². The van der Waals surface area contributed by atoms with Gasteiger partial charge in [-0.15, -0.1) is 0 Å². The van der Waals surface area contributed by atoms with Crippen LogP contribution in [-0.4, -0.2) is 29.0 Å². The van der Waals surface area contributed by atoms with Crippen LogP contribution in [0.5, 0.6) is 5.75 Å². The molecule has 6 heteroatoms. The van der Waals surface area contributed by atoms with Crippen molar-refractivity contribution >= 4 is 22.6 Å². The van der Waals surface area contributed by atoms with E-state index < -0.39 is 5.63 Å². The number of hydrogen-bond donors (Lipinski definition) is 2. The lowest BCUT2D eigenvalue weighted by atomic mass is 10.0. The van der Waals surface area contributed by atoms with Crippen LogP contribution < -0.4 is 10.9 Å². The number of aromatic hydroxyl groups is 1. The minimum Gasteiger partial charge on any atom is -0.508 e. The van der Waals surface area contributed by atoms with Crippen molar-refractivity contribution in [1.29, 1.82) is 0 Å². The van der Waals surface area contributed by atoms with Crippen LogP contribution in [0.3, 0.4) is 0 Å². The summed E-state index contributed by atoms with van der Waals surface area (Å²) in [5.41, 5.74) is 3.26. The van der Waals surface area contributed by atoms with E-state index in [9.17, 15) is 14.7 Å². The average molecular weight is 408 g/mol. The van der Waals surface area contributed by atoms with Crippen LogP contribution in [0.4, 0.5) is 5.69 Å². The maximum absolute atomic E-state index is 12.6. The minimum atomic E-state index is -0.470. The number of carbonyl (C=O) groups is 1. The summed E-state index contributed by atoms with van der Waals surface area (Å²) in [6, 6.07) is 12.5. The second-order valence-corrected chi connectivity index (χ2v) is 7.50. The first kappa shape index (κ1) is 21.6. The van der Waals surface area contributed by atoms with Crippen LogP contribution >= 0.6 is 0 Å². The van der Waals surface area contributed by atoms with E-state index in [4.69, 9.17) is 4.42 Å². The number of carbonyl (C=O) groups excluding carboxylic acids is 1. The second kappa shape index (κ2) is 9.59. The number of phenols is 1. The van der Waals surface area contributed by atoms with E-state index in [-0.39, 0.29) is 18.2 Å². The summed E-state index contributed by atoms with van der Waals surface area (Å²) in [5, 5.41) is 13.9. The van der Waals surface area contributed by atoms with E-state index >= 15 is 0 Å². The molecule has 0 saturated heterocycles. The van der Waals surface area contributed by atoms with Crippen molar-refractivity contribution < 1.29 is 14.3 Å². The summed E-state index contributed by atoms with van der Waals surface area (Å²) >= 11 is 0. The molecule has 0 bridgehead atoms. The van der Waals surface area contributed by atoms with Crippen molar-refractivity contribution in [2.75, 3.05) is 18.4 Å². The minimum absolute atomic E-state index is 0.100. The number of fused-ring (bicyclic) bond motifs is 1. The van der Waals surface area contributed by atoms with Crippen LogP contribution in [0.15, 0.2) is 51.7 Å². The van der Waals surface area contributed by atoms with E-state index in [0.717, 1.165) is 34.2 Å². The lowest BCUT2D eigenvalue weighted by molar-refractivity contribution is -0.117. The van der Waals surface area contributed by atoms with E-state index in [0.29, 0.717) is 25.1 Å². The Hall–Kier alpha value is -3.12. The number of amides is 1. The second-order valence-electron chi connectivity index (χ2n) is 7.50. The van der Waals surface area contributed by atoms with Crippen molar-refractivity contribution in [3.63, 3.8) is 0 Å². The highest BCUT2D eigenvalue weighted by molar-refractivity contribution is 5.93. The Kier molecular flexibility index (Phi) is 6.90. The normalized spacial score (nSPS) is 11.2. The first-order valence-electron chi connectivity index (χ1n) is 10.3. The van der Waals surface area contributed by atoms with Crippen molar-refractivity contribution in [3.05, 3.63) is 69.6 Å². The van der Waals surface area contributed by atoms with Crippen molar-refractivity contribution in [2.24, 2.45) is 0 Å². The molecule has 0 spiro atoms. The Morgan fingerprint density at radius 3 is 2.60 bits per heavy atom. The van der Waals surface area contributed by atoms with Gasteiger partial charge in [0.25, 0.3) is 0 Å². The van der Waals surface area contributed by atoms with Gasteiger partial charge in [-0.25, -0.2) is 4.79 Å². The zero-order valence-corrected chi connectivity index (χ0v) is 17.7. The van der Waals surface area contributed by atoms with E-state index in [1.54, 1.807) is 0 Å². The molecule has 0 aliphatic carbocycles. The largest absolute Gasteiger partial charge is 0.508 e. The van der Waals surface area contributed by atoms with Crippen LogP contribution in [0.25, 0.3) is 11.0 Å². The quantitative estimate of drug-likeness (QED) is 0.545. The molecular formula is C24H28N2O4. The Bertz CT molecular complexity index is 1100. The van der Waals surface area contributed by atoms with Gasteiger partial charge in [0.2, 0.25) is 5.91 Å².